The van der Waals surface area contributed by atoms with Gasteiger partial charge in [0.15, 0.2) is 92.3 Å². The van der Waals surface area contributed by atoms with Gasteiger partial charge in [-0.2, -0.15) is 0 Å². The molecule has 0 unspecified atom stereocenters. The van der Waals surface area contributed by atoms with Crippen molar-refractivity contribution < 1.29 is 93.7 Å². The number of carbonyl (C=O) groups is 4. The average molecular weight is 2090 g/mol. The zero-order chi connectivity index (χ0) is 103. The molecule has 0 aliphatic carbocycles. The van der Waals surface area contributed by atoms with Crippen molar-refractivity contribution in [1.29, 1.82) is 0 Å². The standard InChI is InChI=1S/4C27H23F2N3O4S/c4*1-2-15-6-5-11-36-20-12-18(28)23(29)17-13-37-21-8-4-3-7-16(21)24(22(17)20)32-14-30(15)27(35)25-26(34)19(33)9-10-31(25)32/h4*3-10,12,15,24,34H,2,11,13-14H2,1H3/b2*6-5+;2*6-5-/t2*15-,24+;2*15-,24-/m1010/s1. The quantitative estimate of drug-likeness (QED) is 0.0940. The minimum absolute atomic E-state index is 0.0680. The van der Waals surface area contributed by atoms with Crippen LogP contribution < -0.4 is 60.7 Å². The van der Waals surface area contributed by atoms with Gasteiger partial charge >= 0.3 is 0 Å². The molecule has 12 aliphatic rings. The van der Waals surface area contributed by atoms with E-state index in [1.165, 1.54) is 115 Å². The number of pyridine rings is 4. The third-order valence-corrected chi connectivity index (χ3v) is 32.8. The zero-order valence-corrected chi connectivity index (χ0v) is 82.7. The van der Waals surface area contributed by atoms with Gasteiger partial charge < -0.3 is 59.0 Å². The number of thioether (sulfide) groups is 4. The smallest absolute Gasteiger partial charge is 0.278 e. The lowest BCUT2D eigenvalue weighted by Crippen LogP contribution is -2.57. The summed E-state index contributed by atoms with van der Waals surface area (Å²) in [5.74, 6) is -10.9. The Morgan fingerprint density at radius 3 is 0.703 bits per heavy atom. The third-order valence-electron chi connectivity index (χ3n) is 28.3. The molecule has 40 heteroatoms. The first-order valence-corrected chi connectivity index (χ1v) is 51.7. The number of hydrogen-bond donors (Lipinski definition) is 4. The van der Waals surface area contributed by atoms with Gasteiger partial charge in [-0.15, -0.1) is 47.0 Å². The first-order chi connectivity index (χ1) is 71.6. The van der Waals surface area contributed by atoms with Crippen molar-refractivity contribution in [3.05, 3.63) is 396 Å². The van der Waals surface area contributed by atoms with Gasteiger partial charge in [0.1, 0.15) is 100 Å². The highest BCUT2D eigenvalue weighted by Crippen LogP contribution is 2.55. The second-order valence-electron chi connectivity index (χ2n) is 36.3. The highest BCUT2D eigenvalue weighted by atomic mass is 32.2. The Morgan fingerprint density at radius 1 is 0.297 bits per heavy atom. The van der Waals surface area contributed by atoms with Crippen LogP contribution in [0.1, 0.15) is 186 Å². The molecule has 8 aromatic carbocycles. The molecule has 760 valence electrons. The summed E-state index contributed by atoms with van der Waals surface area (Å²) in [5.41, 5.74) is 2.28. The lowest BCUT2D eigenvalue weighted by molar-refractivity contribution is 0.0618. The Labute approximate surface area is 856 Å². The molecule has 0 spiro atoms. The Balaban J connectivity index is 0.000000116. The molecule has 8 atom stereocenters. The summed E-state index contributed by atoms with van der Waals surface area (Å²) in [4.78, 5) is 114. The number of halogens is 8. The first kappa shape index (κ1) is 98.8. The number of amides is 4. The van der Waals surface area contributed by atoms with Crippen LogP contribution in [-0.2, 0) is 23.0 Å². The highest BCUT2D eigenvalue weighted by Gasteiger charge is 2.50. The molecule has 4 amide bonds. The van der Waals surface area contributed by atoms with Gasteiger partial charge in [-0.25, -0.2) is 35.1 Å². The third kappa shape index (κ3) is 16.9. The van der Waals surface area contributed by atoms with E-state index in [0.29, 0.717) is 47.9 Å². The van der Waals surface area contributed by atoms with Gasteiger partial charge in [0, 0.05) is 160 Å². The van der Waals surface area contributed by atoms with Gasteiger partial charge in [-0.1, -0.05) is 125 Å². The molecule has 148 heavy (non-hydrogen) atoms. The first-order valence-electron chi connectivity index (χ1n) is 47.8. The Hall–Kier alpha value is -15.2. The summed E-state index contributed by atoms with van der Waals surface area (Å²) in [6.07, 6.45) is 22.2. The number of hydrogen-bond acceptors (Lipinski definition) is 24. The largest absolute Gasteiger partial charge is 0.502 e. The summed E-state index contributed by atoms with van der Waals surface area (Å²) in [5, 5.41) is 50.2. The molecule has 12 aliphatic heterocycles. The molecule has 28 nitrogen and oxygen atoms in total. The molecular formula is C108H92F8N12O16S4. The van der Waals surface area contributed by atoms with E-state index in [1.54, 1.807) is 63.9 Å². The fourth-order valence-corrected chi connectivity index (χ4v) is 25.6. The van der Waals surface area contributed by atoms with Crippen molar-refractivity contribution in [2.24, 2.45) is 0 Å². The van der Waals surface area contributed by atoms with Crippen molar-refractivity contribution in [3.63, 3.8) is 0 Å². The second kappa shape index (κ2) is 40.2. The van der Waals surface area contributed by atoms with E-state index in [9.17, 15) is 76.3 Å². The van der Waals surface area contributed by atoms with Gasteiger partial charge in [0.25, 0.3) is 23.6 Å². The molecule has 12 aromatic rings. The number of rotatable bonds is 4. The summed E-state index contributed by atoms with van der Waals surface area (Å²) >= 11 is 5.56. The van der Waals surface area contributed by atoms with Gasteiger partial charge in [0.2, 0.25) is 21.7 Å². The molecule has 0 fully saturated rings. The van der Waals surface area contributed by atoms with E-state index in [1.807, 2.05) is 149 Å². The lowest BCUT2D eigenvalue weighted by Gasteiger charge is -2.46. The van der Waals surface area contributed by atoms with Crippen molar-refractivity contribution in [3.8, 4) is 46.0 Å². The number of fused-ring (bicyclic) bond motifs is 28. The Bertz CT molecular complexity index is 6990. The fraction of sp³-hybridized carbons (Fsp3) is 0.259. The highest BCUT2D eigenvalue weighted by molar-refractivity contribution is 7.99. The van der Waals surface area contributed by atoms with E-state index < -0.39 is 139 Å². The number of aromatic nitrogens is 4. The predicted octanol–water partition coefficient (Wildman–Crippen LogP) is 17.2. The monoisotopic (exact) mass is 2090 g/mol. The number of benzene rings is 8. The second-order valence-corrected chi connectivity index (χ2v) is 40.4. The van der Waals surface area contributed by atoms with Crippen molar-refractivity contribution >= 4 is 70.7 Å². The average Bonchev–Trinajstić information content (AvgIpc) is 1.73. The molecule has 4 aromatic heterocycles. The van der Waals surface area contributed by atoms with E-state index in [4.69, 9.17) is 18.9 Å². The summed E-state index contributed by atoms with van der Waals surface area (Å²) < 4.78 is 151. The predicted molar refractivity (Wildman–Crippen MR) is 538 cm³/mol. The van der Waals surface area contributed by atoms with Crippen LogP contribution in [0.4, 0.5) is 35.1 Å². The molecule has 0 saturated heterocycles. The topological polar surface area (TPSA) is 300 Å². The van der Waals surface area contributed by atoms with Crippen LogP contribution in [0.2, 0.25) is 0 Å². The summed E-state index contributed by atoms with van der Waals surface area (Å²) in [6, 6.07) is 34.9. The van der Waals surface area contributed by atoms with Crippen molar-refractivity contribution in [2.45, 2.75) is 144 Å². The molecule has 0 saturated carbocycles. The molecule has 8 bridgehead atoms. The van der Waals surface area contributed by atoms with Gasteiger partial charge in [-0.3, -0.25) is 77.1 Å². The van der Waals surface area contributed by atoms with Crippen LogP contribution in [0.15, 0.2) is 258 Å². The van der Waals surface area contributed by atoms with Gasteiger partial charge in [-0.05, 0) is 96.5 Å². The Morgan fingerprint density at radius 2 is 0.500 bits per heavy atom. The van der Waals surface area contributed by atoms with Gasteiger partial charge in [0.05, 0.1) is 24.2 Å². The number of nitrogens with zero attached hydrogens (tertiary/aromatic N) is 12. The maximum Gasteiger partial charge on any atom is 0.278 e. The maximum atomic E-state index is 15.4. The van der Waals surface area contributed by atoms with Crippen molar-refractivity contribution in [2.75, 3.05) is 73.1 Å². The van der Waals surface area contributed by atoms with E-state index >= 15 is 17.6 Å². The summed E-state index contributed by atoms with van der Waals surface area (Å²) in [7, 11) is 0. The van der Waals surface area contributed by atoms with Crippen LogP contribution in [0.3, 0.4) is 0 Å². The minimum Gasteiger partial charge on any atom is -0.502 e. The van der Waals surface area contributed by atoms with Crippen LogP contribution in [0, 0.1) is 46.5 Å². The summed E-state index contributed by atoms with van der Waals surface area (Å²) in [6.45, 7) is 8.34. The molecule has 24 rings (SSSR count). The van der Waals surface area contributed by atoms with Crippen molar-refractivity contribution in [1.82, 2.24) is 38.3 Å². The van der Waals surface area contributed by atoms with Crippen LogP contribution >= 0.6 is 47.0 Å². The minimum atomic E-state index is -0.999. The number of aromatic hydroxyl groups is 4. The normalized spacial score (nSPS) is 21.1. The molecular weight excluding hydrogens is 2000 g/mol. The van der Waals surface area contributed by atoms with Crippen LogP contribution in [-0.4, -0.2) is 160 Å². The van der Waals surface area contributed by atoms with Crippen LogP contribution in [0.5, 0.6) is 46.0 Å². The van der Waals surface area contributed by atoms with E-state index in [-0.39, 0.29) is 168 Å². The number of ether oxygens (including phenoxy) is 4. The maximum absolute atomic E-state index is 15.4. The Kier molecular flexibility index (Phi) is 26.9. The zero-order valence-electron chi connectivity index (χ0n) is 79.4. The number of carbonyl (C=O) groups excluding carboxylic acids is 4. The molecule has 16 heterocycles. The van der Waals surface area contributed by atoms with E-state index in [0.717, 1.165) is 66.1 Å². The fourth-order valence-electron chi connectivity index (χ4n) is 21.2. The molecule has 4 N–H and O–H groups in total. The lowest BCUT2D eigenvalue weighted by atomic mass is 9.92. The van der Waals surface area contributed by atoms with Crippen LogP contribution in [0.25, 0.3) is 0 Å². The van der Waals surface area contributed by atoms with E-state index in [2.05, 4.69) is 0 Å². The SMILES string of the molecule is CC[C@@H]1/C=C/COc2cc(F)c(F)c3c2[C@H](c2ccccc2SC3)N2CN1C(=O)c1c(O)c(=O)ccn12.CC[C@@H]1/C=C\COc2cc(F)c(F)c3c2[C@@H](c2ccccc2SC3)N2CN1C(=O)c1c(O)c(=O)ccn12.CC[C@H]1/C=C/COc2cc(F)c(F)c3c2[C@@H](c2ccccc2SC3)N2CN1C(=O)c1c(O)c(=O)ccn12.CC[C@H]1/C=C\COc2cc(F)c(F)c3c2[C@H](c2ccccc2SC3)N2CN1C(=O)c1c(O)c(=O)ccn12. The molecule has 0 radical (unpaired) electrons.